The summed E-state index contributed by atoms with van der Waals surface area (Å²) in [5.74, 6) is 0.828. The molecule has 0 radical (unpaired) electrons. The lowest BCUT2D eigenvalue weighted by Gasteiger charge is -2.35. The Balaban J connectivity index is 2.50. The van der Waals surface area contributed by atoms with E-state index in [9.17, 15) is 0 Å². The highest BCUT2D eigenvalue weighted by Gasteiger charge is 2.30. The van der Waals surface area contributed by atoms with Gasteiger partial charge in [-0.1, -0.05) is 66.2 Å². The Morgan fingerprint density at radius 1 is 0.950 bits per heavy atom. The Kier molecular flexibility index (Phi) is 4.33. The Labute approximate surface area is 126 Å². The Morgan fingerprint density at radius 3 is 2.00 bits per heavy atom. The van der Waals surface area contributed by atoms with Gasteiger partial charge in [-0.25, -0.2) is 0 Å². The third-order valence-corrected chi connectivity index (χ3v) is 5.88. The first-order chi connectivity index (χ1) is 9.31. The second-order valence-electron chi connectivity index (χ2n) is 7.90. The van der Waals surface area contributed by atoms with E-state index in [4.69, 9.17) is 0 Å². The molecule has 0 saturated heterocycles. The summed E-state index contributed by atoms with van der Waals surface area (Å²) in [6.45, 7) is 14.2. The summed E-state index contributed by atoms with van der Waals surface area (Å²) >= 11 is 0. The lowest BCUT2D eigenvalue weighted by atomic mass is 9.69. The molecule has 0 heterocycles. The summed E-state index contributed by atoms with van der Waals surface area (Å²) in [5.41, 5.74) is 5.35. The molecule has 1 saturated carbocycles. The smallest absolute Gasteiger partial charge is 0.0103 e. The molecule has 0 nitrogen and oxygen atoms in total. The summed E-state index contributed by atoms with van der Waals surface area (Å²) in [6, 6.07) is 7.37. The van der Waals surface area contributed by atoms with Gasteiger partial charge in [0.1, 0.15) is 0 Å². The summed E-state index contributed by atoms with van der Waals surface area (Å²) in [5, 5.41) is 0. The van der Waals surface area contributed by atoms with Crippen molar-refractivity contribution < 1.29 is 0 Å². The van der Waals surface area contributed by atoms with Crippen LogP contribution in [-0.4, -0.2) is 0 Å². The van der Waals surface area contributed by atoms with Crippen molar-refractivity contribution in [2.24, 2.45) is 0 Å². The molecule has 112 valence electrons. The summed E-state index contributed by atoms with van der Waals surface area (Å²) < 4.78 is 0. The zero-order valence-corrected chi connectivity index (χ0v) is 14.3. The van der Waals surface area contributed by atoms with E-state index in [2.05, 4.69) is 59.7 Å². The van der Waals surface area contributed by atoms with E-state index in [1.807, 2.05) is 0 Å². The fourth-order valence-electron chi connectivity index (χ4n) is 3.03. The van der Waals surface area contributed by atoms with Crippen molar-refractivity contribution in [1.29, 1.82) is 0 Å². The van der Waals surface area contributed by atoms with Gasteiger partial charge in [0, 0.05) is 0 Å². The lowest BCUT2D eigenvalue weighted by Crippen LogP contribution is -2.24. The van der Waals surface area contributed by atoms with Crippen LogP contribution < -0.4 is 0 Å². The highest BCUT2D eigenvalue weighted by Crippen LogP contribution is 2.43. The molecule has 2 rings (SSSR count). The van der Waals surface area contributed by atoms with Crippen LogP contribution in [0.15, 0.2) is 18.2 Å². The number of benzene rings is 1. The number of hydrogen-bond donors (Lipinski definition) is 0. The van der Waals surface area contributed by atoms with Crippen LogP contribution in [0.2, 0.25) is 0 Å². The van der Waals surface area contributed by atoms with Gasteiger partial charge in [0.05, 0.1) is 0 Å². The minimum atomic E-state index is 0.288. The Bertz CT molecular complexity index is 461. The molecule has 0 N–H and O–H groups in total. The first-order valence-corrected chi connectivity index (χ1v) is 8.46. The predicted molar refractivity (Wildman–Crippen MR) is 89.7 cm³/mol. The topological polar surface area (TPSA) is 0 Å². The van der Waals surface area contributed by atoms with Crippen molar-refractivity contribution in [3.05, 3.63) is 34.9 Å². The highest BCUT2D eigenvalue weighted by molar-refractivity contribution is 5.42. The van der Waals surface area contributed by atoms with E-state index in [1.165, 1.54) is 37.7 Å². The van der Waals surface area contributed by atoms with Gasteiger partial charge < -0.3 is 0 Å². The molecule has 0 bridgehead atoms. The molecule has 0 aromatic heterocycles. The number of hydrogen-bond acceptors (Lipinski definition) is 0. The van der Waals surface area contributed by atoms with Gasteiger partial charge in [-0.05, 0) is 59.1 Å². The van der Waals surface area contributed by atoms with Crippen molar-refractivity contribution in [3.63, 3.8) is 0 Å². The first-order valence-electron chi connectivity index (χ1n) is 8.46. The molecular weight excluding hydrogens is 240 g/mol. The molecule has 0 amide bonds. The van der Waals surface area contributed by atoms with Gasteiger partial charge in [0.15, 0.2) is 0 Å². The number of rotatable bonds is 5. The van der Waals surface area contributed by atoms with Crippen LogP contribution in [0.3, 0.4) is 0 Å². The predicted octanol–water partition coefficient (Wildman–Crippen LogP) is 6.33. The molecule has 1 aliphatic carbocycles. The second kappa shape index (κ2) is 5.54. The molecule has 1 aromatic carbocycles. The van der Waals surface area contributed by atoms with Crippen molar-refractivity contribution in [3.8, 4) is 0 Å². The Morgan fingerprint density at radius 2 is 1.55 bits per heavy atom. The van der Waals surface area contributed by atoms with Crippen LogP contribution in [-0.2, 0) is 10.8 Å². The van der Waals surface area contributed by atoms with Crippen LogP contribution >= 0.6 is 0 Å². The van der Waals surface area contributed by atoms with Crippen molar-refractivity contribution in [2.75, 3.05) is 0 Å². The second-order valence-corrected chi connectivity index (χ2v) is 7.90. The molecule has 20 heavy (non-hydrogen) atoms. The normalized spacial score (nSPS) is 17.1. The average Bonchev–Trinajstić information content (AvgIpc) is 2.37. The maximum absolute atomic E-state index is 2.53. The molecule has 0 spiro atoms. The molecule has 1 aromatic rings. The molecule has 0 unspecified atom stereocenters. The van der Waals surface area contributed by atoms with E-state index in [0.717, 1.165) is 5.92 Å². The van der Waals surface area contributed by atoms with Crippen LogP contribution in [0.25, 0.3) is 0 Å². The molecular formula is C20H32. The lowest BCUT2D eigenvalue weighted by molar-refractivity contribution is 0.403. The van der Waals surface area contributed by atoms with Gasteiger partial charge in [-0.3, -0.25) is 0 Å². The zero-order chi connectivity index (χ0) is 15.0. The van der Waals surface area contributed by atoms with Gasteiger partial charge in [-0.2, -0.15) is 0 Å². The van der Waals surface area contributed by atoms with Gasteiger partial charge in [-0.15, -0.1) is 0 Å². The fourth-order valence-corrected chi connectivity index (χ4v) is 3.03. The van der Waals surface area contributed by atoms with Crippen LogP contribution in [0.5, 0.6) is 0 Å². The van der Waals surface area contributed by atoms with Crippen LogP contribution in [0.1, 0.15) is 96.3 Å². The van der Waals surface area contributed by atoms with E-state index >= 15 is 0 Å². The summed E-state index contributed by atoms with van der Waals surface area (Å²) in [7, 11) is 0. The quantitative estimate of drug-likeness (QED) is 0.587. The standard InChI is InChI=1S/C20H32/c1-7-19(3,4)16-12-13-17(15-10-9-11-15)18(14-16)20(5,6)8-2/h12-15H,7-11H2,1-6H3. The van der Waals surface area contributed by atoms with Crippen LogP contribution in [0.4, 0.5) is 0 Å². The molecule has 0 atom stereocenters. The molecule has 1 aliphatic rings. The summed E-state index contributed by atoms with van der Waals surface area (Å²) in [4.78, 5) is 0. The van der Waals surface area contributed by atoms with Gasteiger partial charge >= 0.3 is 0 Å². The van der Waals surface area contributed by atoms with E-state index in [0.29, 0.717) is 5.41 Å². The summed E-state index contributed by atoms with van der Waals surface area (Å²) in [6.07, 6.45) is 6.61. The van der Waals surface area contributed by atoms with E-state index in [1.54, 1.807) is 11.1 Å². The average molecular weight is 272 g/mol. The van der Waals surface area contributed by atoms with Gasteiger partial charge in [0.25, 0.3) is 0 Å². The minimum Gasteiger partial charge on any atom is -0.0646 e. The molecule has 0 aliphatic heterocycles. The first kappa shape index (κ1) is 15.6. The van der Waals surface area contributed by atoms with Crippen molar-refractivity contribution >= 4 is 0 Å². The SMILES string of the molecule is CCC(C)(C)c1ccc(C2CCC2)c(C(C)(C)CC)c1. The van der Waals surface area contributed by atoms with E-state index in [-0.39, 0.29) is 5.41 Å². The van der Waals surface area contributed by atoms with Crippen LogP contribution in [0, 0.1) is 0 Å². The van der Waals surface area contributed by atoms with E-state index < -0.39 is 0 Å². The zero-order valence-electron chi connectivity index (χ0n) is 14.3. The maximum Gasteiger partial charge on any atom is -0.0103 e. The van der Waals surface area contributed by atoms with Crippen molar-refractivity contribution in [2.45, 2.75) is 90.4 Å². The minimum absolute atomic E-state index is 0.288. The maximum atomic E-state index is 2.53. The highest BCUT2D eigenvalue weighted by atomic mass is 14.3. The molecule has 1 fully saturated rings. The fraction of sp³-hybridized carbons (Fsp3) is 0.700. The van der Waals surface area contributed by atoms with Gasteiger partial charge in [0.2, 0.25) is 0 Å². The van der Waals surface area contributed by atoms with Crippen molar-refractivity contribution in [1.82, 2.24) is 0 Å². The Hall–Kier alpha value is -0.780. The largest absolute Gasteiger partial charge is 0.0646 e. The monoisotopic (exact) mass is 272 g/mol. The molecule has 0 heteroatoms. The third-order valence-electron chi connectivity index (χ3n) is 5.88. The third kappa shape index (κ3) is 2.80.